The van der Waals surface area contributed by atoms with E-state index in [1.807, 2.05) is 24.3 Å². The SMILES string of the molecule is Fc1ccc(F)c2c(-c3ccnc(Nc4ccc(N5CCOCC5)cc4)n3)c[nH]c12. The summed E-state index contributed by atoms with van der Waals surface area (Å²) in [5.41, 5.74) is 3.07. The number of fused-ring (bicyclic) bond motifs is 1. The van der Waals surface area contributed by atoms with Gasteiger partial charge in [-0.3, -0.25) is 0 Å². The summed E-state index contributed by atoms with van der Waals surface area (Å²) in [6.07, 6.45) is 3.14. The molecular formula is C22H19F2N5O. The molecule has 152 valence electrons. The Morgan fingerprint density at radius 3 is 2.53 bits per heavy atom. The molecule has 2 N–H and O–H groups in total. The van der Waals surface area contributed by atoms with Crippen LogP contribution in [0.2, 0.25) is 0 Å². The summed E-state index contributed by atoms with van der Waals surface area (Å²) in [5, 5.41) is 3.34. The molecule has 3 heterocycles. The van der Waals surface area contributed by atoms with Crippen LogP contribution in [-0.2, 0) is 4.74 Å². The normalized spacial score (nSPS) is 14.3. The molecule has 0 spiro atoms. The molecule has 2 aromatic heterocycles. The number of morpholine rings is 1. The lowest BCUT2D eigenvalue weighted by atomic mass is 10.1. The highest BCUT2D eigenvalue weighted by Gasteiger charge is 2.16. The summed E-state index contributed by atoms with van der Waals surface area (Å²) in [7, 11) is 0. The monoisotopic (exact) mass is 407 g/mol. The maximum atomic E-state index is 14.3. The molecule has 0 atom stereocenters. The van der Waals surface area contributed by atoms with Gasteiger partial charge >= 0.3 is 0 Å². The Balaban J connectivity index is 1.40. The van der Waals surface area contributed by atoms with Gasteiger partial charge in [0.05, 0.1) is 24.4 Å². The van der Waals surface area contributed by atoms with Crippen LogP contribution in [0.15, 0.2) is 54.9 Å². The van der Waals surface area contributed by atoms with Crippen molar-refractivity contribution in [1.29, 1.82) is 0 Å². The topological polar surface area (TPSA) is 66.1 Å². The molecular weight excluding hydrogens is 388 g/mol. The number of anilines is 3. The highest BCUT2D eigenvalue weighted by molar-refractivity contribution is 5.95. The zero-order valence-corrected chi connectivity index (χ0v) is 16.0. The van der Waals surface area contributed by atoms with Crippen molar-refractivity contribution >= 4 is 28.2 Å². The minimum atomic E-state index is -0.509. The van der Waals surface area contributed by atoms with Crippen LogP contribution in [0.4, 0.5) is 26.1 Å². The summed E-state index contributed by atoms with van der Waals surface area (Å²) >= 11 is 0. The van der Waals surface area contributed by atoms with Gasteiger partial charge in [-0.1, -0.05) is 0 Å². The van der Waals surface area contributed by atoms with Crippen molar-refractivity contribution in [2.45, 2.75) is 0 Å². The Labute approximate surface area is 171 Å². The van der Waals surface area contributed by atoms with E-state index in [2.05, 4.69) is 25.2 Å². The molecule has 6 nitrogen and oxygen atoms in total. The Kier molecular flexibility index (Phi) is 4.76. The number of aromatic nitrogens is 3. The van der Waals surface area contributed by atoms with Gasteiger partial charge in [0.2, 0.25) is 5.95 Å². The third-order valence-electron chi connectivity index (χ3n) is 5.17. The molecule has 1 fully saturated rings. The third kappa shape index (κ3) is 3.46. The standard InChI is InChI=1S/C22H19F2N5O/c23-17-5-6-18(24)21-20(17)16(13-26-21)19-7-8-25-22(28-19)27-14-1-3-15(4-2-14)29-9-11-30-12-10-29/h1-8,13,26H,9-12H2,(H,25,27,28). The highest BCUT2D eigenvalue weighted by atomic mass is 19.1. The molecule has 8 heteroatoms. The van der Waals surface area contributed by atoms with E-state index in [9.17, 15) is 8.78 Å². The van der Waals surface area contributed by atoms with Crippen molar-refractivity contribution < 1.29 is 13.5 Å². The quantitative estimate of drug-likeness (QED) is 0.522. The molecule has 0 unspecified atom stereocenters. The lowest BCUT2D eigenvalue weighted by Gasteiger charge is -2.28. The predicted molar refractivity (Wildman–Crippen MR) is 112 cm³/mol. The van der Waals surface area contributed by atoms with Gasteiger partial charge < -0.3 is 19.9 Å². The highest BCUT2D eigenvalue weighted by Crippen LogP contribution is 2.31. The number of halogens is 2. The Morgan fingerprint density at radius 1 is 0.967 bits per heavy atom. The molecule has 0 bridgehead atoms. The van der Waals surface area contributed by atoms with Crippen molar-refractivity contribution in [2.24, 2.45) is 0 Å². The second-order valence-corrected chi connectivity index (χ2v) is 7.02. The van der Waals surface area contributed by atoms with Crippen LogP contribution < -0.4 is 10.2 Å². The molecule has 1 saturated heterocycles. The maximum Gasteiger partial charge on any atom is 0.227 e. The van der Waals surface area contributed by atoms with Gasteiger partial charge in [0.15, 0.2) is 0 Å². The second kappa shape index (κ2) is 7.72. The Morgan fingerprint density at radius 2 is 1.73 bits per heavy atom. The van der Waals surface area contributed by atoms with Gasteiger partial charge in [-0.25, -0.2) is 18.7 Å². The predicted octanol–water partition coefficient (Wildman–Crippen LogP) is 4.48. The third-order valence-corrected chi connectivity index (χ3v) is 5.17. The van der Waals surface area contributed by atoms with E-state index in [0.29, 0.717) is 17.2 Å². The first-order valence-electron chi connectivity index (χ1n) is 9.67. The fraction of sp³-hybridized carbons (Fsp3) is 0.182. The Hall–Kier alpha value is -3.52. The van der Waals surface area contributed by atoms with Crippen LogP contribution in [-0.4, -0.2) is 41.3 Å². The van der Waals surface area contributed by atoms with Crippen LogP contribution in [0, 0.1) is 11.6 Å². The first-order chi connectivity index (χ1) is 14.7. The van der Waals surface area contributed by atoms with Gasteiger partial charge in [-0.15, -0.1) is 0 Å². The van der Waals surface area contributed by atoms with Gasteiger partial charge in [-0.2, -0.15) is 0 Å². The molecule has 0 radical (unpaired) electrons. The number of rotatable bonds is 4. The lowest BCUT2D eigenvalue weighted by Crippen LogP contribution is -2.36. The fourth-order valence-corrected chi connectivity index (χ4v) is 3.65. The summed E-state index contributed by atoms with van der Waals surface area (Å²) in [6.45, 7) is 3.22. The van der Waals surface area contributed by atoms with Crippen LogP contribution in [0.25, 0.3) is 22.2 Å². The lowest BCUT2D eigenvalue weighted by molar-refractivity contribution is 0.122. The molecule has 30 heavy (non-hydrogen) atoms. The summed E-state index contributed by atoms with van der Waals surface area (Å²) in [6, 6.07) is 11.9. The van der Waals surface area contributed by atoms with Gasteiger partial charge in [0.1, 0.15) is 11.6 Å². The van der Waals surface area contributed by atoms with E-state index in [1.165, 1.54) is 0 Å². The molecule has 0 saturated carbocycles. The number of H-pyrrole nitrogens is 1. The van der Waals surface area contributed by atoms with Crippen molar-refractivity contribution in [3.8, 4) is 11.3 Å². The second-order valence-electron chi connectivity index (χ2n) is 7.02. The molecule has 0 aliphatic carbocycles. The van der Waals surface area contributed by atoms with Crippen LogP contribution >= 0.6 is 0 Å². The molecule has 1 aliphatic heterocycles. The average molecular weight is 407 g/mol. The number of benzene rings is 2. The van der Waals surface area contributed by atoms with Gasteiger partial charge in [0, 0.05) is 47.8 Å². The number of nitrogens with zero attached hydrogens (tertiary/aromatic N) is 3. The van der Waals surface area contributed by atoms with Gasteiger partial charge in [-0.05, 0) is 42.5 Å². The first-order valence-corrected chi connectivity index (χ1v) is 9.67. The number of aromatic amines is 1. The first kappa shape index (κ1) is 18.5. The molecule has 1 aliphatic rings. The number of hydrogen-bond acceptors (Lipinski definition) is 5. The van der Waals surface area contributed by atoms with Gasteiger partial charge in [0.25, 0.3) is 0 Å². The number of ether oxygens (including phenoxy) is 1. The van der Waals surface area contributed by atoms with Crippen LogP contribution in [0.1, 0.15) is 0 Å². The fourth-order valence-electron chi connectivity index (χ4n) is 3.65. The molecule has 2 aromatic carbocycles. The zero-order chi connectivity index (χ0) is 20.5. The largest absolute Gasteiger partial charge is 0.378 e. The van der Waals surface area contributed by atoms with E-state index in [1.54, 1.807) is 18.5 Å². The van der Waals surface area contributed by atoms with Crippen LogP contribution in [0.5, 0.6) is 0 Å². The van der Waals surface area contributed by atoms with Crippen LogP contribution in [0.3, 0.4) is 0 Å². The minimum absolute atomic E-state index is 0.122. The Bertz CT molecular complexity index is 1190. The van der Waals surface area contributed by atoms with E-state index >= 15 is 0 Å². The number of hydrogen-bond donors (Lipinski definition) is 2. The average Bonchev–Trinajstić information content (AvgIpc) is 3.24. The smallest absolute Gasteiger partial charge is 0.227 e. The molecule has 5 rings (SSSR count). The molecule has 0 amide bonds. The maximum absolute atomic E-state index is 14.3. The van der Waals surface area contributed by atoms with E-state index in [-0.39, 0.29) is 10.9 Å². The zero-order valence-electron chi connectivity index (χ0n) is 16.0. The van der Waals surface area contributed by atoms with Crippen molar-refractivity contribution in [3.05, 3.63) is 66.5 Å². The van der Waals surface area contributed by atoms with Crippen molar-refractivity contribution in [1.82, 2.24) is 15.0 Å². The summed E-state index contributed by atoms with van der Waals surface area (Å²) in [5.74, 6) is -0.641. The molecule has 4 aromatic rings. The van der Waals surface area contributed by atoms with E-state index < -0.39 is 11.6 Å². The minimum Gasteiger partial charge on any atom is -0.378 e. The number of nitrogens with one attached hydrogen (secondary N) is 2. The summed E-state index contributed by atoms with van der Waals surface area (Å²) < 4.78 is 33.7. The summed E-state index contributed by atoms with van der Waals surface area (Å²) in [4.78, 5) is 13.8. The van der Waals surface area contributed by atoms with Crippen molar-refractivity contribution in [2.75, 3.05) is 36.5 Å². The van der Waals surface area contributed by atoms with Crippen molar-refractivity contribution in [3.63, 3.8) is 0 Å². The van der Waals surface area contributed by atoms with E-state index in [0.717, 1.165) is 49.8 Å². The van der Waals surface area contributed by atoms with E-state index in [4.69, 9.17) is 4.74 Å².